The Bertz CT molecular complexity index is 1230. The lowest BCUT2D eigenvalue weighted by Gasteiger charge is -2.16. The monoisotopic (exact) mass is 377 g/mol. The van der Waals surface area contributed by atoms with Crippen LogP contribution in [0.25, 0.3) is 22.4 Å². The Morgan fingerprint density at radius 3 is 2.68 bits per heavy atom. The van der Waals surface area contributed by atoms with Crippen molar-refractivity contribution in [2.75, 3.05) is 13.6 Å². The molecule has 1 aliphatic heterocycles. The van der Waals surface area contributed by atoms with E-state index in [2.05, 4.69) is 27.2 Å². The molecule has 0 radical (unpaired) electrons. The van der Waals surface area contributed by atoms with Crippen LogP contribution in [0.1, 0.15) is 44.5 Å². The van der Waals surface area contributed by atoms with Gasteiger partial charge in [0.05, 0.1) is 23.3 Å². The summed E-state index contributed by atoms with van der Waals surface area (Å²) in [4.78, 5) is 20.2. The Morgan fingerprint density at radius 2 is 1.96 bits per heavy atom. The van der Waals surface area contributed by atoms with Gasteiger partial charge in [-0.25, -0.2) is 4.98 Å². The number of aromatic nitrogens is 6. The van der Waals surface area contributed by atoms with Crippen molar-refractivity contribution in [3.05, 3.63) is 52.8 Å². The first-order chi connectivity index (χ1) is 13.6. The molecule has 8 nitrogen and oxygen atoms in total. The van der Waals surface area contributed by atoms with Crippen LogP contribution in [0.5, 0.6) is 0 Å². The lowest BCUT2D eigenvalue weighted by atomic mass is 10.2. The van der Waals surface area contributed by atoms with Crippen LogP contribution in [0.4, 0.5) is 0 Å². The van der Waals surface area contributed by atoms with Gasteiger partial charge in [0.2, 0.25) is 0 Å². The average molecular weight is 377 g/mol. The highest BCUT2D eigenvalue weighted by atomic mass is 16.1. The Hall–Kier alpha value is -3.00. The highest BCUT2D eigenvalue weighted by Crippen LogP contribution is 2.29. The molecule has 0 bridgehead atoms. The fourth-order valence-corrected chi connectivity index (χ4v) is 4.31. The van der Waals surface area contributed by atoms with E-state index in [0.717, 1.165) is 36.1 Å². The summed E-state index contributed by atoms with van der Waals surface area (Å²) in [6, 6.07) is 8.21. The van der Waals surface area contributed by atoms with Crippen LogP contribution in [0.15, 0.2) is 41.6 Å². The van der Waals surface area contributed by atoms with Gasteiger partial charge < -0.3 is 4.57 Å². The SMILES string of the molecule is CC(C)n1c(=O)c2c(-n3cc(C4CCCN4C)nn3)ncn2c2ccccc21. The molecule has 1 aromatic carbocycles. The van der Waals surface area contributed by atoms with Crippen LogP contribution in [-0.2, 0) is 0 Å². The van der Waals surface area contributed by atoms with Gasteiger partial charge in [0.1, 0.15) is 12.0 Å². The Balaban J connectivity index is 1.74. The molecule has 0 N–H and O–H groups in total. The van der Waals surface area contributed by atoms with E-state index in [9.17, 15) is 4.79 Å². The van der Waals surface area contributed by atoms with Crippen molar-refractivity contribution >= 4 is 16.6 Å². The molecule has 0 saturated carbocycles. The van der Waals surface area contributed by atoms with E-state index < -0.39 is 0 Å². The molecule has 0 aliphatic carbocycles. The van der Waals surface area contributed by atoms with E-state index >= 15 is 0 Å². The number of hydrogen-bond donors (Lipinski definition) is 0. The molecule has 1 saturated heterocycles. The number of para-hydroxylation sites is 2. The van der Waals surface area contributed by atoms with Gasteiger partial charge in [-0.2, -0.15) is 4.68 Å². The standard InChI is InChI=1S/C20H23N7O/c1-13(2)27-17-8-5-4-7-16(17)25-12-21-19(18(25)20(27)28)26-11-14(22-23-26)15-9-6-10-24(15)3/h4-5,7-8,11-13,15H,6,9-10H2,1-3H3. The molecule has 0 amide bonds. The summed E-state index contributed by atoms with van der Waals surface area (Å²) in [6.07, 6.45) is 5.84. The van der Waals surface area contributed by atoms with Gasteiger partial charge in [0.15, 0.2) is 11.3 Å². The first kappa shape index (κ1) is 17.1. The molecule has 1 atom stereocenters. The van der Waals surface area contributed by atoms with Gasteiger partial charge in [-0.05, 0) is 52.4 Å². The van der Waals surface area contributed by atoms with E-state index in [1.165, 1.54) is 0 Å². The van der Waals surface area contributed by atoms with Crippen molar-refractivity contribution < 1.29 is 0 Å². The molecule has 144 valence electrons. The van der Waals surface area contributed by atoms with Gasteiger partial charge >= 0.3 is 0 Å². The lowest BCUT2D eigenvalue weighted by Crippen LogP contribution is -2.25. The molecule has 5 rings (SSSR count). The molecule has 8 heteroatoms. The van der Waals surface area contributed by atoms with Crippen molar-refractivity contribution in [2.24, 2.45) is 0 Å². The topological polar surface area (TPSA) is 73.2 Å². The number of nitrogens with zero attached hydrogens (tertiary/aromatic N) is 7. The summed E-state index contributed by atoms with van der Waals surface area (Å²) >= 11 is 0. The third-order valence-corrected chi connectivity index (χ3v) is 5.68. The Kier molecular flexibility index (Phi) is 3.83. The lowest BCUT2D eigenvalue weighted by molar-refractivity contribution is 0.311. The minimum atomic E-state index is -0.0729. The maximum atomic E-state index is 13.4. The summed E-state index contributed by atoms with van der Waals surface area (Å²) in [6.45, 7) is 5.10. The molecule has 4 heterocycles. The fraction of sp³-hybridized carbons (Fsp3) is 0.400. The van der Waals surface area contributed by atoms with Crippen molar-refractivity contribution in [2.45, 2.75) is 38.8 Å². The second kappa shape index (κ2) is 6.27. The minimum absolute atomic E-state index is 0.0311. The Labute approximate surface area is 162 Å². The number of rotatable bonds is 3. The summed E-state index contributed by atoms with van der Waals surface area (Å²) in [5.41, 5.74) is 3.21. The number of hydrogen-bond acceptors (Lipinski definition) is 5. The third kappa shape index (κ3) is 2.41. The summed E-state index contributed by atoms with van der Waals surface area (Å²) in [7, 11) is 2.11. The maximum Gasteiger partial charge on any atom is 0.279 e. The summed E-state index contributed by atoms with van der Waals surface area (Å²) in [5.74, 6) is 0.518. The maximum absolute atomic E-state index is 13.4. The molecular weight excluding hydrogens is 354 g/mol. The molecule has 4 aromatic rings. The van der Waals surface area contributed by atoms with Crippen LogP contribution in [0, 0.1) is 0 Å². The van der Waals surface area contributed by atoms with Gasteiger partial charge in [0, 0.05) is 6.04 Å². The number of likely N-dealkylation sites (tertiary alicyclic amines) is 1. The van der Waals surface area contributed by atoms with Crippen LogP contribution in [0.3, 0.4) is 0 Å². The van der Waals surface area contributed by atoms with E-state index in [-0.39, 0.29) is 17.6 Å². The molecule has 1 unspecified atom stereocenters. The number of benzene rings is 1. The average Bonchev–Trinajstić information content (AvgIpc) is 3.40. The second-order valence-corrected chi connectivity index (χ2v) is 7.77. The van der Waals surface area contributed by atoms with E-state index in [1.54, 1.807) is 11.0 Å². The zero-order valence-electron chi connectivity index (χ0n) is 16.3. The quantitative estimate of drug-likeness (QED) is 0.549. The third-order valence-electron chi connectivity index (χ3n) is 5.68. The van der Waals surface area contributed by atoms with Crippen molar-refractivity contribution in [3.8, 4) is 5.82 Å². The van der Waals surface area contributed by atoms with Crippen molar-refractivity contribution in [1.29, 1.82) is 0 Å². The predicted molar refractivity (Wildman–Crippen MR) is 107 cm³/mol. The molecular formula is C20H23N7O. The van der Waals surface area contributed by atoms with Crippen LogP contribution >= 0.6 is 0 Å². The van der Waals surface area contributed by atoms with Gasteiger partial charge in [-0.15, -0.1) is 5.10 Å². The molecule has 0 spiro atoms. The first-order valence-corrected chi connectivity index (χ1v) is 9.69. The van der Waals surface area contributed by atoms with Crippen LogP contribution in [0.2, 0.25) is 0 Å². The molecule has 1 aliphatic rings. The highest BCUT2D eigenvalue weighted by Gasteiger charge is 2.26. The van der Waals surface area contributed by atoms with E-state index in [1.807, 2.05) is 53.3 Å². The van der Waals surface area contributed by atoms with Crippen LogP contribution in [-0.4, -0.2) is 47.4 Å². The minimum Gasteiger partial charge on any atom is -0.302 e. The highest BCUT2D eigenvalue weighted by molar-refractivity contribution is 5.81. The number of imidazole rings is 1. The summed E-state index contributed by atoms with van der Waals surface area (Å²) in [5, 5.41) is 8.67. The fourth-order valence-electron chi connectivity index (χ4n) is 4.31. The Morgan fingerprint density at radius 1 is 1.18 bits per heavy atom. The molecule has 3 aromatic heterocycles. The predicted octanol–water partition coefficient (Wildman–Crippen LogP) is 2.58. The van der Waals surface area contributed by atoms with Crippen molar-refractivity contribution in [3.63, 3.8) is 0 Å². The first-order valence-electron chi connectivity index (χ1n) is 9.69. The summed E-state index contributed by atoms with van der Waals surface area (Å²) < 4.78 is 5.31. The van der Waals surface area contributed by atoms with Crippen LogP contribution < -0.4 is 5.56 Å². The second-order valence-electron chi connectivity index (χ2n) is 7.77. The number of fused-ring (bicyclic) bond motifs is 3. The van der Waals surface area contributed by atoms with Gasteiger partial charge in [-0.3, -0.25) is 14.1 Å². The van der Waals surface area contributed by atoms with Gasteiger partial charge in [-0.1, -0.05) is 17.3 Å². The largest absolute Gasteiger partial charge is 0.302 e. The van der Waals surface area contributed by atoms with Crippen molar-refractivity contribution in [1.82, 2.24) is 33.8 Å². The zero-order valence-corrected chi connectivity index (χ0v) is 16.3. The normalized spacial score (nSPS) is 18.1. The molecule has 28 heavy (non-hydrogen) atoms. The van der Waals surface area contributed by atoms with Gasteiger partial charge in [0.25, 0.3) is 5.56 Å². The molecule has 1 fully saturated rings. The smallest absolute Gasteiger partial charge is 0.279 e. The zero-order chi connectivity index (χ0) is 19.4. The van der Waals surface area contributed by atoms with E-state index in [0.29, 0.717) is 11.3 Å². The van der Waals surface area contributed by atoms with E-state index in [4.69, 9.17) is 0 Å².